The number of halogens is 1. The van der Waals surface area contributed by atoms with Gasteiger partial charge in [-0.2, -0.15) is 0 Å². The van der Waals surface area contributed by atoms with Gasteiger partial charge in [-0.05, 0) is 23.1 Å². The highest BCUT2D eigenvalue weighted by molar-refractivity contribution is 6.34. The lowest BCUT2D eigenvalue weighted by Gasteiger charge is -2.11. The van der Waals surface area contributed by atoms with Crippen molar-refractivity contribution in [2.45, 2.75) is 32.6 Å². The minimum Gasteiger partial charge on any atom is -0.494 e. The van der Waals surface area contributed by atoms with E-state index in [0.717, 1.165) is 16.7 Å². The molecule has 0 spiro atoms. The van der Waals surface area contributed by atoms with Crippen LogP contribution in [-0.4, -0.2) is 28.9 Å². The summed E-state index contributed by atoms with van der Waals surface area (Å²) in [4.78, 5) is 32.4. The number of methoxy groups -OCH3 is 1. The molecule has 6 nitrogen and oxygen atoms in total. The second-order valence-corrected chi connectivity index (χ2v) is 7.47. The molecule has 3 rings (SSSR count). The number of hydrogen-bond acceptors (Lipinski definition) is 5. The van der Waals surface area contributed by atoms with E-state index in [-0.39, 0.29) is 18.2 Å². The molecule has 0 saturated carbocycles. The molecule has 3 aromatic rings. The molecule has 0 saturated heterocycles. The molecule has 1 N–H and O–H groups in total. The molecule has 0 aliphatic rings. The summed E-state index contributed by atoms with van der Waals surface area (Å²) in [6.07, 6.45) is 4.96. The molecule has 31 heavy (non-hydrogen) atoms. The van der Waals surface area contributed by atoms with E-state index in [1.54, 1.807) is 25.6 Å². The van der Waals surface area contributed by atoms with Crippen molar-refractivity contribution in [2.24, 2.45) is 0 Å². The maximum atomic E-state index is 12.1. The average Bonchev–Trinajstić information content (AvgIpc) is 2.76. The second-order valence-electron chi connectivity index (χ2n) is 7.09. The van der Waals surface area contributed by atoms with E-state index in [9.17, 15) is 9.59 Å². The Bertz CT molecular complexity index is 1050. The summed E-state index contributed by atoms with van der Waals surface area (Å²) in [5, 5.41) is 2.90. The lowest BCUT2D eigenvalue weighted by Crippen LogP contribution is -2.31. The van der Waals surface area contributed by atoms with Gasteiger partial charge in [0.2, 0.25) is 11.8 Å². The topological polar surface area (TPSA) is 81.2 Å². The first-order chi connectivity index (χ1) is 15.0. The molecule has 0 atom stereocenters. The third-order valence-electron chi connectivity index (χ3n) is 4.73. The lowest BCUT2D eigenvalue weighted by atomic mass is 9.99. The highest BCUT2D eigenvalue weighted by Gasteiger charge is 2.13. The summed E-state index contributed by atoms with van der Waals surface area (Å²) in [5.41, 5.74) is 3.51. The molecule has 0 fully saturated rings. The number of imide groups is 1. The molecule has 0 radical (unpaired) electrons. The molecule has 0 bridgehead atoms. The van der Waals surface area contributed by atoms with Crippen LogP contribution in [-0.2, 0) is 22.4 Å². The fourth-order valence-corrected chi connectivity index (χ4v) is 3.43. The van der Waals surface area contributed by atoms with Crippen LogP contribution in [0, 0.1) is 0 Å². The largest absolute Gasteiger partial charge is 0.494 e. The molecule has 160 valence electrons. The van der Waals surface area contributed by atoms with Gasteiger partial charge in [-0.25, -0.2) is 9.97 Å². The van der Waals surface area contributed by atoms with Crippen LogP contribution >= 0.6 is 11.6 Å². The first-order valence-corrected chi connectivity index (χ1v) is 10.4. The van der Waals surface area contributed by atoms with Gasteiger partial charge in [-0.1, -0.05) is 61.0 Å². The maximum absolute atomic E-state index is 12.1. The van der Waals surface area contributed by atoms with Gasteiger partial charge in [0.1, 0.15) is 5.82 Å². The molecule has 0 unspecified atom stereocenters. The van der Waals surface area contributed by atoms with Crippen molar-refractivity contribution in [3.8, 4) is 16.9 Å². The highest BCUT2D eigenvalue weighted by atomic mass is 35.5. The van der Waals surface area contributed by atoms with Gasteiger partial charge in [-0.15, -0.1) is 0 Å². The minimum atomic E-state index is -0.354. The SMILES string of the molecule is CCCC(=O)NC(=O)Cc1cccc(-c2ccc(Cc3ncc(OC)cn3)cc2)c1Cl. The van der Waals surface area contributed by atoms with Crippen molar-refractivity contribution in [3.05, 3.63) is 76.8 Å². The van der Waals surface area contributed by atoms with Gasteiger partial charge >= 0.3 is 0 Å². The highest BCUT2D eigenvalue weighted by Crippen LogP contribution is 2.31. The van der Waals surface area contributed by atoms with Crippen LogP contribution in [0.3, 0.4) is 0 Å². The van der Waals surface area contributed by atoms with Gasteiger partial charge in [0, 0.05) is 18.4 Å². The Morgan fingerprint density at radius 2 is 1.74 bits per heavy atom. The summed E-state index contributed by atoms with van der Waals surface area (Å²) >= 11 is 6.59. The van der Waals surface area contributed by atoms with Crippen LogP contribution in [0.4, 0.5) is 0 Å². The Hall–Kier alpha value is -3.25. The number of carbonyl (C=O) groups is 2. The van der Waals surface area contributed by atoms with E-state index < -0.39 is 0 Å². The van der Waals surface area contributed by atoms with Gasteiger partial charge < -0.3 is 4.74 Å². The number of ether oxygens (including phenoxy) is 1. The van der Waals surface area contributed by atoms with Crippen molar-refractivity contribution in [3.63, 3.8) is 0 Å². The van der Waals surface area contributed by atoms with E-state index in [4.69, 9.17) is 16.3 Å². The molecule has 2 aromatic carbocycles. The number of nitrogens with zero attached hydrogens (tertiary/aromatic N) is 2. The van der Waals surface area contributed by atoms with Crippen LogP contribution in [0.2, 0.25) is 5.02 Å². The summed E-state index contributed by atoms with van der Waals surface area (Å²) in [5.74, 6) is 0.706. The molecular formula is C24H24ClN3O3. The number of hydrogen-bond donors (Lipinski definition) is 1. The zero-order valence-electron chi connectivity index (χ0n) is 17.5. The summed E-state index contributed by atoms with van der Waals surface area (Å²) < 4.78 is 5.08. The summed E-state index contributed by atoms with van der Waals surface area (Å²) in [6, 6.07) is 13.5. The molecule has 1 aromatic heterocycles. The summed E-state index contributed by atoms with van der Waals surface area (Å²) in [6.45, 7) is 1.89. The predicted octanol–water partition coefficient (Wildman–Crippen LogP) is 4.38. The fraction of sp³-hybridized carbons (Fsp3) is 0.250. The third-order valence-corrected chi connectivity index (χ3v) is 5.18. The van der Waals surface area contributed by atoms with Crippen LogP contribution in [0.25, 0.3) is 11.1 Å². The van der Waals surface area contributed by atoms with Crippen molar-refractivity contribution in [1.29, 1.82) is 0 Å². The summed E-state index contributed by atoms with van der Waals surface area (Å²) in [7, 11) is 1.58. The average molecular weight is 438 g/mol. The van der Waals surface area contributed by atoms with Crippen LogP contribution in [0.5, 0.6) is 5.75 Å². The monoisotopic (exact) mass is 437 g/mol. The van der Waals surface area contributed by atoms with Crippen LogP contribution < -0.4 is 10.1 Å². The van der Waals surface area contributed by atoms with E-state index in [0.29, 0.717) is 41.4 Å². The number of benzene rings is 2. The first-order valence-electron chi connectivity index (χ1n) is 10.0. The number of amides is 2. The molecule has 1 heterocycles. The smallest absolute Gasteiger partial charge is 0.231 e. The quantitative estimate of drug-likeness (QED) is 0.565. The Morgan fingerprint density at radius 1 is 1.03 bits per heavy atom. The molecule has 7 heteroatoms. The van der Waals surface area contributed by atoms with E-state index in [2.05, 4.69) is 15.3 Å². The first kappa shape index (κ1) is 22.4. The Balaban J connectivity index is 1.71. The number of rotatable bonds is 8. The maximum Gasteiger partial charge on any atom is 0.231 e. The van der Waals surface area contributed by atoms with Crippen LogP contribution in [0.1, 0.15) is 36.7 Å². The van der Waals surface area contributed by atoms with Crippen molar-refractivity contribution in [2.75, 3.05) is 7.11 Å². The standard InChI is InChI=1S/C24H24ClN3O3/c1-3-5-22(29)28-23(30)13-18-6-4-7-20(24(18)25)17-10-8-16(9-11-17)12-21-26-14-19(31-2)15-27-21/h4,6-11,14-15H,3,5,12-13H2,1-2H3,(H,28,29,30). The van der Waals surface area contributed by atoms with Gasteiger partial charge in [0.25, 0.3) is 0 Å². The second kappa shape index (κ2) is 10.7. The molecule has 0 aliphatic heterocycles. The zero-order valence-corrected chi connectivity index (χ0v) is 18.3. The fourth-order valence-electron chi connectivity index (χ4n) is 3.13. The van der Waals surface area contributed by atoms with E-state index in [1.807, 2.05) is 43.3 Å². The normalized spacial score (nSPS) is 10.5. The Morgan fingerprint density at radius 3 is 2.39 bits per heavy atom. The lowest BCUT2D eigenvalue weighted by molar-refractivity contribution is -0.130. The number of nitrogens with one attached hydrogen (secondary N) is 1. The van der Waals surface area contributed by atoms with Crippen molar-refractivity contribution >= 4 is 23.4 Å². The van der Waals surface area contributed by atoms with Gasteiger partial charge in [-0.3, -0.25) is 14.9 Å². The zero-order chi connectivity index (χ0) is 22.2. The number of aromatic nitrogens is 2. The van der Waals surface area contributed by atoms with E-state index >= 15 is 0 Å². The molecule has 2 amide bonds. The van der Waals surface area contributed by atoms with Gasteiger partial charge in [0.05, 0.1) is 30.9 Å². The predicted molar refractivity (Wildman–Crippen MR) is 120 cm³/mol. The Labute approximate surface area is 186 Å². The minimum absolute atomic E-state index is 0.0506. The van der Waals surface area contributed by atoms with Crippen molar-refractivity contribution in [1.82, 2.24) is 15.3 Å². The van der Waals surface area contributed by atoms with Crippen LogP contribution in [0.15, 0.2) is 54.9 Å². The van der Waals surface area contributed by atoms with E-state index in [1.165, 1.54) is 0 Å². The van der Waals surface area contributed by atoms with Crippen molar-refractivity contribution < 1.29 is 14.3 Å². The Kier molecular flexibility index (Phi) is 7.73. The molecule has 0 aliphatic carbocycles. The molecular weight excluding hydrogens is 414 g/mol. The van der Waals surface area contributed by atoms with Gasteiger partial charge in [0.15, 0.2) is 5.75 Å². The third kappa shape index (κ3) is 6.12. The number of carbonyl (C=O) groups excluding carboxylic acids is 2.